The van der Waals surface area contributed by atoms with E-state index < -0.39 is 0 Å². The number of amides is 1. The van der Waals surface area contributed by atoms with Gasteiger partial charge in [0.05, 0.1) is 5.41 Å². The summed E-state index contributed by atoms with van der Waals surface area (Å²) in [4.78, 5) is 14.9. The molecular weight excluding hydrogens is 238 g/mol. The fourth-order valence-corrected chi connectivity index (χ4v) is 3.05. The number of carbonyl (C=O) groups is 1. The largest absolute Gasteiger partial charge is 0.353 e. The fourth-order valence-electron chi connectivity index (χ4n) is 3.05. The predicted molar refractivity (Wildman–Crippen MR) is 78.1 cm³/mol. The van der Waals surface area contributed by atoms with Crippen molar-refractivity contribution in [1.82, 2.24) is 15.5 Å². The van der Waals surface area contributed by atoms with Gasteiger partial charge in [-0.05, 0) is 45.7 Å². The van der Waals surface area contributed by atoms with Gasteiger partial charge in [-0.1, -0.05) is 13.3 Å². The Balaban J connectivity index is 1.72. The van der Waals surface area contributed by atoms with Gasteiger partial charge < -0.3 is 15.5 Å². The predicted octanol–water partition coefficient (Wildman–Crippen LogP) is 1.37. The second-order valence-corrected chi connectivity index (χ2v) is 6.43. The lowest BCUT2D eigenvalue weighted by Crippen LogP contribution is -2.49. The van der Waals surface area contributed by atoms with Gasteiger partial charge in [0.1, 0.15) is 0 Å². The number of nitrogens with zero attached hydrogens (tertiary/aromatic N) is 1. The Morgan fingerprint density at radius 2 is 2.16 bits per heavy atom. The summed E-state index contributed by atoms with van der Waals surface area (Å²) in [6.45, 7) is 9.62. The molecule has 0 spiro atoms. The van der Waals surface area contributed by atoms with Crippen molar-refractivity contribution >= 4 is 5.91 Å². The average molecular weight is 267 g/mol. The highest BCUT2D eigenvalue weighted by Crippen LogP contribution is 2.25. The molecule has 4 nitrogen and oxygen atoms in total. The molecule has 2 saturated heterocycles. The fraction of sp³-hybridized carbons (Fsp3) is 0.933. The number of likely N-dealkylation sites (tertiary alicyclic amines) is 1. The summed E-state index contributed by atoms with van der Waals surface area (Å²) in [7, 11) is 0. The summed E-state index contributed by atoms with van der Waals surface area (Å²) in [5.74, 6) is 0.254. The van der Waals surface area contributed by atoms with Crippen LogP contribution in [-0.4, -0.2) is 49.6 Å². The lowest BCUT2D eigenvalue weighted by atomic mass is 9.88. The molecule has 1 unspecified atom stereocenters. The molecule has 19 heavy (non-hydrogen) atoms. The molecule has 0 radical (unpaired) electrons. The molecule has 0 aliphatic carbocycles. The van der Waals surface area contributed by atoms with Crippen LogP contribution >= 0.6 is 0 Å². The number of nitrogens with one attached hydrogen (secondary N) is 2. The van der Waals surface area contributed by atoms with Crippen LogP contribution in [0.1, 0.15) is 46.0 Å². The van der Waals surface area contributed by atoms with Gasteiger partial charge in [-0.25, -0.2) is 0 Å². The molecule has 0 aromatic rings. The number of carbonyl (C=O) groups excluding carboxylic acids is 1. The first-order valence-corrected chi connectivity index (χ1v) is 7.88. The van der Waals surface area contributed by atoms with Crippen molar-refractivity contribution in [2.45, 2.75) is 52.0 Å². The van der Waals surface area contributed by atoms with Gasteiger partial charge in [-0.15, -0.1) is 0 Å². The highest BCUT2D eigenvalue weighted by Gasteiger charge is 2.37. The van der Waals surface area contributed by atoms with E-state index in [1.54, 1.807) is 0 Å². The maximum Gasteiger partial charge on any atom is 0.227 e. The lowest BCUT2D eigenvalue weighted by Gasteiger charge is -2.34. The van der Waals surface area contributed by atoms with Crippen LogP contribution in [0.2, 0.25) is 0 Å². The minimum absolute atomic E-state index is 0.181. The molecule has 4 heteroatoms. The van der Waals surface area contributed by atoms with Crippen molar-refractivity contribution in [1.29, 1.82) is 0 Å². The Bertz CT molecular complexity index is 292. The molecule has 0 aromatic carbocycles. The number of hydrogen-bond acceptors (Lipinski definition) is 3. The van der Waals surface area contributed by atoms with Crippen molar-refractivity contribution in [3.05, 3.63) is 0 Å². The average Bonchev–Trinajstić information content (AvgIpc) is 2.86. The normalized spacial score (nSPS) is 29.6. The Kier molecular flexibility index (Phi) is 5.22. The minimum Gasteiger partial charge on any atom is -0.353 e. The molecule has 2 aliphatic heterocycles. The first-order valence-electron chi connectivity index (χ1n) is 7.88. The van der Waals surface area contributed by atoms with Gasteiger partial charge in [0.25, 0.3) is 0 Å². The number of rotatable bonds is 5. The van der Waals surface area contributed by atoms with Crippen LogP contribution in [0.5, 0.6) is 0 Å². The minimum atomic E-state index is -0.181. The summed E-state index contributed by atoms with van der Waals surface area (Å²) < 4.78 is 0. The van der Waals surface area contributed by atoms with Crippen LogP contribution < -0.4 is 10.6 Å². The van der Waals surface area contributed by atoms with E-state index in [1.807, 2.05) is 0 Å². The Hall–Kier alpha value is -0.610. The van der Waals surface area contributed by atoms with Crippen molar-refractivity contribution in [2.24, 2.45) is 5.41 Å². The molecule has 110 valence electrons. The second-order valence-electron chi connectivity index (χ2n) is 6.43. The van der Waals surface area contributed by atoms with Crippen LogP contribution in [0.3, 0.4) is 0 Å². The van der Waals surface area contributed by atoms with Gasteiger partial charge in [0.2, 0.25) is 5.91 Å². The zero-order valence-corrected chi connectivity index (χ0v) is 12.5. The third-order valence-corrected chi connectivity index (χ3v) is 4.67. The maximum atomic E-state index is 12.3. The number of hydrogen-bond donors (Lipinski definition) is 2. The zero-order chi connectivity index (χ0) is 13.7. The van der Waals surface area contributed by atoms with Gasteiger partial charge >= 0.3 is 0 Å². The molecule has 2 rings (SSSR count). The van der Waals surface area contributed by atoms with Crippen molar-refractivity contribution in [2.75, 3.05) is 32.7 Å². The summed E-state index contributed by atoms with van der Waals surface area (Å²) in [6.07, 6.45) is 5.74. The Morgan fingerprint density at radius 1 is 1.42 bits per heavy atom. The smallest absolute Gasteiger partial charge is 0.227 e. The molecule has 0 bridgehead atoms. The van der Waals surface area contributed by atoms with Gasteiger partial charge in [-0.3, -0.25) is 4.79 Å². The highest BCUT2D eigenvalue weighted by molar-refractivity contribution is 5.83. The van der Waals surface area contributed by atoms with E-state index in [4.69, 9.17) is 0 Å². The van der Waals surface area contributed by atoms with Crippen LogP contribution in [0.15, 0.2) is 0 Å². The van der Waals surface area contributed by atoms with E-state index in [1.165, 1.54) is 19.4 Å². The van der Waals surface area contributed by atoms with E-state index in [9.17, 15) is 4.79 Å². The third-order valence-electron chi connectivity index (χ3n) is 4.67. The van der Waals surface area contributed by atoms with E-state index in [2.05, 4.69) is 29.4 Å². The van der Waals surface area contributed by atoms with E-state index >= 15 is 0 Å². The summed E-state index contributed by atoms with van der Waals surface area (Å²) in [6, 6.07) is 0.391. The molecule has 2 N–H and O–H groups in total. The third kappa shape index (κ3) is 3.93. The molecule has 2 fully saturated rings. The van der Waals surface area contributed by atoms with Crippen LogP contribution in [-0.2, 0) is 4.79 Å². The quantitative estimate of drug-likeness (QED) is 0.791. The van der Waals surface area contributed by atoms with Gasteiger partial charge in [0, 0.05) is 25.7 Å². The number of unbranched alkanes of at least 4 members (excludes halogenated alkanes) is 1. The van der Waals surface area contributed by atoms with E-state index in [-0.39, 0.29) is 11.3 Å². The highest BCUT2D eigenvalue weighted by atomic mass is 16.2. The van der Waals surface area contributed by atoms with Gasteiger partial charge in [-0.2, -0.15) is 0 Å². The van der Waals surface area contributed by atoms with Gasteiger partial charge in [0.15, 0.2) is 0 Å². The van der Waals surface area contributed by atoms with Crippen LogP contribution in [0.4, 0.5) is 0 Å². The first kappa shape index (κ1) is 14.8. The topological polar surface area (TPSA) is 44.4 Å². The van der Waals surface area contributed by atoms with Crippen molar-refractivity contribution in [3.8, 4) is 0 Å². The van der Waals surface area contributed by atoms with Crippen LogP contribution in [0.25, 0.3) is 0 Å². The van der Waals surface area contributed by atoms with E-state index in [0.29, 0.717) is 6.04 Å². The molecule has 0 aromatic heterocycles. The second kappa shape index (κ2) is 6.71. The molecule has 2 aliphatic rings. The summed E-state index contributed by atoms with van der Waals surface area (Å²) in [5.41, 5.74) is -0.181. The molecule has 2 heterocycles. The SMILES string of the molecule is CCCCN1CCC(NC(=O)C2(C)CCNC2)CC1. The summed E-state index contributed by atoms with van der Waals surface area (Å²) in [5, 5.41) is 6.56. The molecular formula is C15H29N3O. The molecule has 1 atom stereocenters. The monoisotopic (exact) mass is 267 g/mol. The van der Waals surface area contributed by atoms with E-state index in [0.717, 1.165) is 45.4 Å². The lowest BCUT2D eigenvalue weighted by molar-refractivity contribution is -0.130. The van der Waals surface area contributed by atoms with Crippen molar-refractivity contribution in [3.63, 3.8) is 0 Å². The summed E-state index contributed by atoms with van der Waals surface area (Å²) >= 11 is 0. The standard InChI is InChI=1S/C15H29N3O/c1-3-4-9-18-10-5-13(6-11-18)17-14(19)15(2)7-8-16-12-15/h13,16H,3-12H2,1-2H3,(H,17,19). The maximum absolute atomic E-state index is 12.3. The first-order chi connectivity index (χ1) is 9.14. The van der Waals surface area contributed by atoms with Crippen molar-refractivity contribution < 1.29 is 4.79 Å². The molecule has 1 amide bonds. The Morgan fingerprint density at radius 3 is 2.74 bits per heavy atom. The van der Waals surface area contributed by atoms with Crippen LogP contribution in [0, 0.1) is 5.41 Å². The molecule has 0 saturated carbocycles. The Labute approximate surface area is 117 Å². The zero-order valence-electron chi connectivity index (χ0n) is 12.5. The number of piperidine rings is 1.